The first kappa shape index (κ1) is 19.8. The fourth-order valence-electron chi connectivity index (χ4n) is 1.90. The smallest absolute Gasteiger partial charge is 0.333 e. The molecule has 0 aromatic carbocycles. The number of hydrogen-bond donors (Lipinski definition) is 0. The second-order valence-corrected chi connectivity index (χ2v) is 12.3. The van der Waals surface area contributed by atoms with Crippen molar-refractivity contribution < 1.29 is 23.6 Å². The van der Waals surface area contributed by atoms with Gasteiger partial charge in [0.1, 0.15) is 0 Å². The SMILES string of the molecule is CC(C)(C)[Si](C)(C)OCCCCCC(=O)ON1C(=O)CCC1=O. The number of carbonyl (C=O) groups is 3. The van der Waals surface area contributed by atoms with Crippen molar-refractivity contribution in [2.75, 3.05) is 6.61 Å². The van der Waals surface area contributed by atoms with E-state index in [-0.39, 0.29) is 24.3 Å². The van der Waals surface area contributed by atoms with Gasteiger partial charge in [-0.1, -0.05) is 27.2 Å². The number of hydroxylamine groups is 2. The first-order valence-corrected chi connectivity index (χ1v) is 11.2. The van der Waals surface area contributed by atoms with Gasteiger partial charge in [-0.25, -0.2) is 4.79 Å². The van der Waals surface area contributed by atoms with Gasteiger partial charge in [-0.2, -0.15) is 0 Å². The molecule has 0 N–H and O–H groups in total. The minimum Gasteiger partial charge on any atom is -0.417 e. The zero-order valence-electron chi connectivity index (χ0n) is 14.9. The highest BCUT2D eigenvalue weighted by Gasteiger charge is 2.36. The van der Waals surface area contributed by atoms with Crippen LogP contribution in [0, 0.1) is 0 Å². The maximum atomic E-state index is 11.6. The lowest BCUT2D eigenvalue weighted by molar-refractivity contribution is -0.197. The third kappa shape index (κ3) is 6.06. The Labute approximate surface area is 139 Å². The first-order valence-electron chi connectivity index (χ1n) is 8.25. The summed E-state index contributed by atoms with van der Waals surface area (Å²) in [6, 6.07) is 0. The van der Waals surface area contributed by atoms with Crippen LogP contribution in [0.25, 0.3) is 0 Å². The third-order valence-electron chi connectivity index (χ3n) is 4.49. The summed E-state index contributed by atoms with van der Waals surface area (Å²) in [6.45, 7) is 11.8. The molecule has 0 radical (unpaired) electrons. The highest BCUT2D eigenvalue weighted by Crippen LogP contribution is 2.36. The van der Waals surface area contributed by atoms with Crippen molar-refractivity contribution in [3.05, 3.63) is 0 Å². The topological polar surface area (TPSA) is 72.9 Å². The summed E-state index contributed by atoms with van der Waals surface area (Å²) >= 11 is 0. The third-order valence-corrected chi connectivity index (χ3v) is 9.03. The average molecular weight is 343 g/mol. The fourth-order valence-corrected chi connectivity index (χ4v) is 2.98. The molecule has 0 saturated carbocycles. The minimum absolute atomic E-state index is 0.122. The van der Waals surface area contributed by atoms with E-state index in [2.05, 4.69) is 33.9 Å². The van der Waals surface area contributed by atoms with E-state index in [1.807, 2.05) is 0 Å². The van der Waals surface area contributed by atoms with Gasteiger partial charge in [0, 0.05) is 25.9 Å². The van der Waals surface area contributed by atoms with Crippen LogP contribution in [0.4, 0.5) is 0 Å². The second-order valence-electron chi connectivity index (χ2n) is 7.46. The summed E-state index contributed by atoms with van der Waals surface area (Å²) < 4.78 is 6.06. The molecule has 1 aliphatic heterocycles. The highest BCUT2D eigenvalue weighted by atomic mass is 28.4. The largest absolute Gasteiger partial charge is 0.417 e. The Morgan fingerprint density at radius 3 is 2.17 bits per heavy atom. The summed E-state index contributed by atoms with van der Waals surface area (Å²) in [5.74, 6) is -1.41. The molecule has 2 amide bonds. The van der Waals surface area contributed by atoms with Crippen LogP contribution in [0.2, 0.25) is 18.1 Å². The van der Waals surface area contributed by atoms with Gasteiger partial charge >= 0.3 is 5.97 Å². The molecule has 0 bridgehead atoms. The van der Waals surface area contributed by atoms with Crippen LogP contribution in [0.1, 0.15) is 59.3 Å². The Morgan fingerprint density at radius 2 is 1.65 bits per heavy atom. The van der Waals surface area contributed by atoms with Crippen LogP contribution in [-0.4, -0.2) is 37.8 Å². The molecule has 0 atom stereocenters. The van der Waals surface area contributed by atoms with Gasteiger partial charge in [-0.05, 0) is 31.0 Å². The van der Waals surface area contributed by atoms with Crippen LogP contribution < -0.4 is 0 Å². The van der Waals surface area contributed by atoms with E-state index in [1.54, 1.807) is 0 Å². The number of nitrogens with zero attached hydrogens (tertiary/aromatic N) is 1. The normalized spacial score (nSPS) is 16.1. The van der Waals surface area contributed by atoms with Crippen molar-refractivity contribution in [2.45, 2.75) is 77.4 Å². The zero-order valence-corrected chi connectivity index (χ0v) is 15.9. The second kappa shape index (κ2) is 8.05. The Bertz CT molecular complexity index is 440. The summed E-state index contributed by atoms with van der Waals surface area (Å²) in [5, 5.41) is 0.800. The van der Waals surface area contributed by atoms with Crippen molar-refractivity contribution in [3.63, 3.8) is 0 Å². The van der Waals surface area contributed by atoms with E-state index in [9.17, 15) is 14.4 Å². The lowest BCUT2D eigenvalue weighted by Crippen LogP contribution is -2.40. The van der Waals surface area contributed by atoms with Gasteiger partial charge in [0.25, 0.3) is 11.8 Å². The summed E-state index contributed by atoms with van der Waals surface area (Å²) in [6.07, 6.45) is 2.86. The molecular weight excluding hydrogens is 314 g/mol. The lowest BCUT2D eigenvalue weighted by atomic mass is 10.2. The molecule has 1 aliphatic rings. The van der Waals surface area contributed by atoms with E-state index in [1.165, 1.54) is 0 Å². The van der Waals surface area contributed by atoms with Crippen LogP contribution >= 0.6 is 0 Å². The van der Waals surface area contributed by atoms with Crippen molar-refractivity contribution in [2.24, 2.45) is 0 Å². The molecule has 7 heteroatoms. The molecule has 132 valence electrons. The van der Waals surface area contributed by atoms with E-state index >= 15 is 0 Å². The Balaban J connectivity index is 2.14. The molecule has 0 unspecified atom stereocenters. The van der Waals surface area contributed by atoms with Gasteiger partial charge in [0.15, 0.2) is 8.32 Å². The lowest BCUT2D eigenvalue weighted by Gasteiger charge is -2.36. The van der Waals surface area contributed by atoms with Crippen LogP contribution in [0.15, 0.2) is 0 Å². The molecule has 0 spiro atoms. The molecule has 0 aliphatic carbocycles. The van der Waals surface area contributed by atoms with E-state index in [0.717, 1.165) is 12.8 Å². The number of imide groups is 1. The predicted octanol–water partition coefficient (Wildman–Crippen LogP) is 3.18. The molecule has 23 heavy (non-hydrogen) atoms. The summed E-state index contributed by atoms with van der Waals surface area (Å²) in [4.78, 5) is 39.1. The number of carbonyl (C=O) groups excluding carboxylic acids is 3. The van der Waals surface area contributed by atoms with Gasteiger partial charge < -0.3 is 9.26 Å². The highest BCUT2D eigenvalue weighted by molar-refractivity contribution is 6.74. The molecule has 1 rings (SSSR count). The molecule has 1 heterocycles. The summed E-state index contributed by atoms with van der Waals surface area (Å²) in [5.41, 5.74) is 0. The first-order chi connectivity index (χ1) is 10.5. The van der Waals surface area contributed by atoms with Crippen molar-refractivity contribution in [1.29, 1.82) is 0 Å². The Kier molecular flexibility index (Phi) is 6.95. The maximum absolute atomic E-state index is 11.6. The average Bonchev–Trinajstić information content (AvgIpc) is 2.73. The van der Waals surface area contributed by atoms with Gasteiger partial charge in [-0.3, -0.25) is 9.59 Å². The number of rotatable bonds is 8. The van der Waals surface area contributed by atoms with E-state index in [4.69, 9.17) is 9.26 Å². The monoisotopic (exact) mass is 343 g/mol. The molecule has 1 saturated heterocycles. The predicted molar refractivity (Wildman–Crippen MR) is 88.8 cm³/mol. The van der Waals surface area contributed by atoms with Gasteiger partial charge in [-0.15, -0.1) is 5.06 Å². The summed E-state index contributed by atoms with van der Waals surface area (Å²) in [7, 11) is -1.70. The van der Waals surface area contributed by atoms with Crippen molar-refractivity contribution in [3.8, 4) is 0 Å². The number of amides is 2. The van der Waals surface area contributed by atoms with Crippen molar-refractivity contribution >= 4 is 26.1 Å². The van der Waals surface area contributed by atoms with E-state index < -0.39 is 26.1 Å². The fraction of sp³-hybridized carbons (Fsp3) is 0.812. The maximum Gasteiger partial charge on any atom is 0.333 e. The van der Waals surface area contributed by atoms with Crippen LogP contribution in [0.3, 0.4) is 0 Å². The number of unbranched alkanes of at least 4 members (excludes halogenated alkanes) is 2. The van der Waals surface area contributed by atoms with Gasteiger partial charge in [0.2, 0.25) is 0 Å². The standard InChI is InChI=1S/C16H29NO5Si/c1-16(2,3)23(4,5)21-12-8-6-7-9-15(20)22-17-13(18)10-11-14(17)19/h6-12H2,1-5H3. The molecule has 0 aromatic heterocycles. The minimum atomic E-state index is -1.70. The Hall–Kier alpha value is -1.21. The Morgan fingerprint density at radius 1 is 1.09 bits per heavy atom. The zero-order chi connectivity index (χ0) is 17.7. The quantitative estimate of drug-likeness (QED) is 0.384. The molecule has 6 nitrogen and oxygen atoms in total. The van der Waals surface area contributed by atoms with Crippen LogP contribution in [0.5, 0.6) is 0 Å². The molecule has 1 fully saturated rings. The van der Waals surface area contributed by atoms with Crippen molar-refractivity contribution in [1.82, 2.24) is 5.06 Å². The number of hydrogen-bond acceptors (Lipinski definition) is 5. The van der Waals surface area contributed by atoms with Gasteiger partial charge in [0.05, 0.1) is 0 Å². The van der Waals surface area contributed by atoms with E-state index in [0.29, 0.717) is 18.1 Å². The molecule has 0 aromatic rings. The van der Waals surface area contributed by atoms with Crippen LogP contribution in [-0.2, 0) is 23.6 Å². The molecular formula is C16H29NO5Si.